The lowest BCUT2D eigenvalue weighted by molar-refractivity contribution is 0.741. The van der Waals surface area contributed by atoms with E-state index in [2.05, 4.69) is 24.1 Å². The van der Waals surface area contributed by atoms with Gasteiger partial charge in [0.15, 0.2) is 0 Å². The van der Waals surface area contributed by atoms with Crippen molar-refractivity contribution in [1.82, 2.24) is 0 Å². The standard InChI is InChI=1S/C11H24N4/c1-3-5-7-9-11(15-13)10(14-12)8-6-4-2/h3-9,12-13H2,1-2H3. The second kappa shape index (κ2) is 9.49. The minimum atomic E-state index is 0.871. The first-order chi connectivity index (χ1) is 7.29. The van der Waals surface area contributed by atoms with Crippen molar-refractivity contribution in [2.45, 2.75) is 58.8 Å². The summed E-state index contributed by atoms with van der Waals surface area (Å²) in [5.74, 6) is 10.7. The maximum atomic E-state index is 5.35. The molecular formula is C11H24N4. The van der Waals surface area contributed by atoms with Gasteiger partial charge in [-0.3, -0.25) is 0 Å². The first-order valence-corrected chi connectivity index (χ1v) is 5.83. The molecule has 0 aromatic carbocycles. The zero-order valence-corrected chi connectivity index (χ0v) is 10.00. The molecule has 0 bridgehead atoms. The molecule has 0 aliphatic carbocycles. The predicted octanol–water partition coefficient (Wildman–Crippen LogP) is 2.39. The van der Waals surface area contributed by atoms with Crippen molar-refractivity contribution < 1.29 is 0 Å². The van der Waals surface area contributed by atoms with E-state index < -0.39 is 0 Å². The number of unbranched alkanes of at least 4 members (excludes halogenated alkanes) is 3. The Morgan fingerprint density at radius 2 is 1.27 bits per heavy atom. The van der Waals surface area contributed by atoms with Crippen LogP contribution in [0.2, 0.25) is 0 Å². The van der Waals surface area contributed by atoms with E-state index in [1.807, 2.05) is 0 Å². The number of hydrazone groups is 2. The molecule has 0 saturated heterocycles. The molecule has 0 fully saturated rings. The van der Waals surface area contributed by atoms with Crippen LogP contribution in [0, 0.1) is 0 Å². The van der Waals surface area contributed by atoms with E-state index in [4.69, 9.17) is 11.7 Å². The summed E-state index contributed by atoms with van der Waals surface area (Å²) in [6.07, 6.45) is 7.50. The fraction of sp³-hybridized carbons (Fsp3) is 0.818. The molecule has 0 heterocycles. The van der Waals surface area contributed by atoms with Gasteiger partial charge in [0.2, 0.25) is 0 Å². The Morgan fingerprint density at radius 3 is 1.67 bits per heavy atom. The fourth-order valence-electron chi connectivity index (χ4n) is 1.45. The highest BCUT2D eigenvalue weighted by Crippen LogP contribution is 2.06. The van der Waals surface area contributed by atoms with Crippen molar-refractivity contribution in [1.29, 1.82) is 0 Å². The normalized spacial score (nSPS) is 13.2. The van der Waals surface area contributed by atoms with E-state index in [1.54, 1.807) is 0 Å². The minimum absolute atomic E-state index is 0.871. The second-order valence-electron chi connectivity index (χ2n) is 3.71. The summed E-state index contributed by atoms with van der Waals surface area (Å²) in [5.41, 5.74) is 1.75. The van der Waals surface area contributed by atoms with Crippen molar-refractivity contribution in [2.24, 2.45) is 21.9 Å². The molecule has 0 aromatic heterocycles. The average Bonchev–Trinajstić information content (AvgIpc) is 2.27. The molecule has 0 aliphatic heterocycles. The van der Waals surface area contributed by atoms with Crippen molar-refractivity contribution in [3.8, 4) is 0 Å². The topological polar surface area (TPSA) is 76.8 Å². The highest BCUT2D eigenvalue weighted by atomic mass is 15.2. The molecule has 4 N–H and O–H groups in total. The van der Waals surface area contributed by atoms with Crippen LogP contribution in [-0.4, -0.2) is 11.4 Å². The monoisotopic (exact) mass is 212 g/mol. The molecular weight excluding hydrogens is 188 g/mol. The number of rotatable bonds is 8. The summed E-state index contributed by atoms with van der Waals surface area (Å²) in [7, 11) is 0. The number of hydrogen-bond acceptors (Lipinski definition) is 4. The van der Waals surface area contributed by atoms with Gasteiger partial charge >= 0.3 is 0 Å². The van der Waals surface area contributed by atoms with Crippen LogP contribution in [0.15, 0.2) is 10.2 Å². The van der Waals surface area contributed by atoms with Gasteiger partial charge in [-0.15, -0.1) is 0 Å². The van der Waals surface area contributed by atoms with E-state index in [1.165, 1.54) is 12.8 Å². The minimum Gasteiger partial charge on any atom is -0.323 e. The van der Waals surface area contributed by atoms with Crippen molar-refractivity contribution >= 4 is 11.4 Å². The second-order valence-corrected chi connectivity index (χ2v) is 3.71. The molecule has 0 atom stereocenters. The van der Waals surface area contributed by atoms with Gasteiger partial charge in [0.25, 0.3) is 0 Å². The lowest BCUT2D eigenvalue weighted by Crippen LogP contribution is -2.18. The van der Waals surface area contributed by atoms with E-state index >= 15 is 0 Å². The Morgan fingerprint density at radius 1 is 0.800 bits per heavy atom. The number of hydrogen-bond donors (Lipinski definition) is 2. The van der Waals surface area contributed by atoms with Crippen LogP contribution in [0.3, 0.4) is 0 Å². The first-order valence-electron chi connectivity index (χ1n) is 5.83. The third kappa shape index (κ3) is 6.10. The summed E-state index contributed by atoms with van der Waals surface area (Å²) >= 11 is 0. The van der Waals surface area contributed by atoms with Crippen LogP contribution < -0.4 is 11.7 Å². The highest BCUT2D eigenvalue weighted by molar-refractivity contribution is 6.42. The molecule has 88 valence electrons. The van der Waals surface area contributed by atoms with Crippen LogP contribution in [0.4, 0.5) is 0 Å². The Balaban J connectivity index is 4.12. The molecule has 4 nitrogen and oxygen atoms in total. The molecule has 0 unspecified atom stereocenters. The zero-order valence-electron chi connectivity index (χ0n) is 10.00. The van der Waals surface area contributed by atoms with Crippen LogP contribution in [-0.2, 0) is 0 Å². The summed E-state index contributed by atoms with van der Waals surface area (Å²) in [6.45, 7) is 4.32. The summed E-state index contributed by atoms with van der Waals surface area (Å²) in [4.78, 5) is 0. The quantitative estimate of drug-likeness (QED) is 0.280. The Hall–Kier alpha value is -1.06. The summed E-state index contributed by atoms with van der Waals surface area (Å²) < 4.78 is 0. The molecule has 15 heavy (non-hydrogen) atoms. The maximum absolute atomic E-state index is 5.35. The smallest absolute Gasteiger partial charge is 0.0832 e. The van der Waals surface area contributed by atoms with Crippen molar-refractivity contribution in [3.63, 3.8) is 0 Å². The molecule has 0 rings (SSSR count). The van der Waals surface area contributed by atoms with Gasteiger partial charge in [-0.25, -0.2) is 0 Å². The van der Waals surface area contributed by atoms with Gasteiger partial charge in [0.1, 0.15) is 0 Å². The highest BCUT2D eigenvalue weighted by Gasteiger charge is 2.08. The molecule has 0 aliphatic rings. The Labute approximate surface area is 92.8 Å². The zero-order chi connectivity index (χ0) is 11.5. The molecule has 0 aromatic rings. The van der Waals surface area contributed by atoms with Crippen molar-refractivity contribution in [3.05, 3.63) is 0 Å². The van der Waals surface area contributed by atoms with E-state index in [0.29, 0.717) is 0 Å². The van der Waals surface area contributed by atoms with Crippen LogP contribution in [0.5, 0.6) is 0 Å². The average molecular weight is 212 g/mol. The van der Waals surface area contributed by atoms with Crippen LogP contribution >= 0.6 is 0 Å². The first kappa shape index (κ1) is 13.9. The number of nitrogens with two attached hydrogens (primary N) is 2. The third-order valence-corrected chi connectivity index (χ3v) is 2.43. The molecule has 0 radical (unpaired) electrons. The summed E-state index contributed by atoms with van der Waals surface area (Å²) in [5, 5.41) is 7.57. The van der Waals surface area contributed by atoms with Gasteiger partial charge < -0.3 is 11.7 Å². The van der Waals surface area contributed by atoms with E-state index in [-0.39, 0.29) is 0 Å². The lowest BCUT2D eigenvalue weighted by atomic mass is 10.0. The maximum Gasteiger partial charge on any atom is 0.0832 e. The number of nitrogens with zero attached hydrogens (tertiary/aromatic N) is 2. The van der Waals surface area contributed by atoms with Gasteiger partial charge in [-0.05, 0) is 25.7 Å². The Kier molecular flexibility index (Phi) is 8.82. The van der Waals surface area contributed by atoms with Gasteiger partial charge in [0.05, 0.1) is 11.4 Å². The van der Waals surface area contributed by atoms with Gasteiger partial charge in [0, 0.05) is 0 Å². The Bertz CT molecular complexity index is 209. The lowest BCUT2D eigenvalue weighted by Gasteiger charge is -2.07. The van der Waals surface area contributed by atoms with Crippen molar-refractivity contribution in [2.75, 3.05) is 0 Å². The van der Waals surface area contributed by atoms with E-state index in [0.717, 1.165) is 43.5 Å². The van der Waals surface area contributed by atoms with Gasteiger partial charge in [-0.2, -0.15) is 10.2 Å². The molecule has 0 amide bonds. The van der Waals surface area contributed by atoms with Crippen LogP contribution in [0.25, 0.3) is 0 Å². The fourth-order valence-corrected chi connectivity index (χ4v) is 1.45. The third-order valence-electron chi connectivity index (χ3n) is 2.43. The molecule has 4 heteroatoms. The molecule has 0 saturated carbocycles. The molecule has 0 spiro atoms. The summed E-state index contributed by atoms with van der Waals surface area (Å²) in [6, 6.07) is 0. The van der Waals surface area contributed by atoms with Gasteiger partial charge in [-0.1, -0.05) is 33.1 Å². The van der Waals surface area contributed by atoms with E-state index in [9.17, 15) is 0 Å². The largest absolute Gasteiger partial charge is 0.323 e. The van der Waals surface area contributed by atoms with Crippen LogP contribution in [0.1, 0.15) is 58.8 Å². The predicted molar refractivity (Wildman–Crippen MR) is 66.9 cm³/mol. The SMILES string of the molecule is CCCCCC(=NN)C(CCCC)=NN.